The predicted molar refractivity (Wildman–Crippen MR) is 88.8 cm³/mol. The Morgan fingerprint density at radius 3 is 2.24 bits per heavy atom. The molecule has 0 rings (SSSR count). The molecule has 0 aliphatic rings. The van der Waals surface area contributed by atoms with E-state index in [-0.39, 0.29) is 0 Å². The molecule has 0 heterocycles. The fraction of sp³-hybridized carbons (Fsp3) is 0.938. The second-order valence-electron chi connectivity index (χ2n) is 6.84. The highest BCUT2D eigenvalue weighted by molar-refractivity contribution is 5.78. The molecular formula is C16H35N3O2. The van der Waals surface area contributed by atoms with E-state index in [1.165, 1.54) is 0 Å². The first-order valence-corrected chi connectivity index (χ1v) is 8.00. The van der Waals surface area contributed by atoms with E-state index in [1.54, 1.807) is 14.0 Å². The lowest BCUT2D eigenvalue weighted by Crippen LogP contribution is -2.47. The Bertz CT molecular complexity index is 295. The van der Waals surface area contributed by atoms with Gasteiger partial charge in [0.25, 0.3) is 0 Å². The van der Waals surface area contributed by atoms with Crippen molar-refractivity contribution in [1.82, 2.24) is 15.1 Å². The van der Waals surface area contributed by atoms with Crippen LogP contribution in [0.3, 0.4) is 0 Å². The highest BCUT2D eigenvalue weighted by Gasteiger charge is 2.30. The third-order valence-electron chi connectivity index (χ3n) is 3.91. The summed E-state index contributed by atoms with van der Waals surface area (Å²) in [5, 5.41) is 12.1. The van der Waals surface area contributed by atoms with Gasteiger partial charge >= 0.3 is 5.97 Å². The quantitative estimate of drug-likeness (QED) is 0.538. The number of hydrogen-bond acceptors (Lipinski definition) is 4. The third-order valence-corrected chi connectivity index (χ3v) is 3.91. The summed E-state index contributed by atoms with van der Waals surface area (Å²) in [7, 11) is 5.91. The van der Waals surface area contributed by atoms with E-state index >= 15 is 0 Å². The van der Waals surface area contributed by atoms with Crippen molar-refractivity contribution in [2.75, 3.05) is 47.3 Å². The monoisotopic (exact) mass is 301 g/mol. The fourth-order valence-electron chi connectivity index (χ4n) is 2.31. The molecule has 2 N–H and O–H groups in total. The number of rotatable bonds is 12. The van der Waals surface area contributed by atoms with Crippen molar-refractivity contribution in [3.8, 4) is 0 Å². The summed E-state index contributed by atoms with van der Waals surface area (Å²) in [5.74, 6) is -0.106. The molecule has 0 aromatic carbocycles. The zero-order chi connectivity index (χ0) is 16.5. The first-order valence-electron chi connectivity index (χ1n) is 8.00. The molecule has 0 saturated carbocycles. The first-order chi connectivity index (χ1) is 9.71. The van der Waals surface area contributed by atoms with Crippen molar-refractivity contribution in [2.24, 2.45) is 5.92 Å². The molecule has 0 aliphatic heterocycles. The summed E-state index contributed by atoms with van der Waals surface area (Å²) in [6, 6.07) is 0. The van der Waals surface area contributed by atoms with Crippen molar-refractivity contribution in [3.63, 3.8) is 0 Å². The number of nitrogens with one attached hydrogen (secondary N) is 1. The average molecular weight is 301 g/mol. The number of nitrogens with zero attached hydrogens (tertiary/aromatic N) is 2. The standard InChI is InChI=1S/C16H35N3O2/c1-14(2)13-19(12-11-18(5)6)10-8-7-9-16(3,17-4)15(20)21/h14,17H,7-13H2,1-6H3,(H,20,21). The molecule has 126 valence electrons. The van der Waals surface area contributed by atoms with Crippen LogP contribution in [0.25, 0.3) is 0 Å². The molecular weight excluding hydrogens is 266 g/mol. The molecule has 0 aliphatic carbocycles. The van der Waals surface area contributed by atoms with Crippen LogP contribution in [0.5, 0.6) is 0 Å². The number of hydrogen-bond donors (Lipinski definition) is 2. The predicted octanol–water partition coefficient (Wildman–Crippen LogP) is 1.74. The van der Waals surface area contributed by atoms with Crippen LogP contribution in [0.4, 0.5) is 0 Å². The van der Waals surface area contributed by atoms with Crippen LogP contribution in [0.1, 0.15) is 40.0 Å². The summed E-state index contributed by atoms with van der Waals surface area (Å²) in [6.45, 7) is 10.5. The smallest absolute Gasteiger partial charge is 0.323 e. The van der Waals surface area contributed by atoms with Crippen LogP contribution in [-0.4, -0.2) is 73.7 Å². The van der Waals surface area contributed by atoms with Gasteiger partial charge in [-0.25, -0.2) is 0 Å². The highest BCUT2D eigenvalue weighted by Crippen LogP contribution is 2.14. The van der Waals surface area contributed by atoms with E-state index in [2.05, 4.69) is 43.1 Å². The maximum absolute atomic E-state index is 11.2. The zero-order valence-corrected chi connectivity index (χ0v) is 14.8. The average Bonchev–Trinajstić information content (AvgIpc) is 2.39. The van der Waals surface area contributed by atoms with Gasteiger partial charge in [0.1, 0.15) is 5.54 Å². The van der Waals surface area contributed by atoms with Crippen molar-refractivity contribution >= 4 is 5.97 Å². The molecule has 1 unspecified atom stereocenters. The van der Waals surface area contributed by atoms with Crippen molar-refractivity contribution < 1.29 is 9.90 Å². The van der Waals surface area contributed by atoms with Gasteiger partial charge < -0.3 is 20.2 Å². The minimum atomic E-state index is -0.799. The van der Waals surface area contributed by atoms with E-state index in [0.29, 0.717) is 12.3 Å². The Morgan fingerprint density at radius 2 is 1.81 bits per heavy atom. The Balaban J connectivity index is 4.14. The molecule has 0 spiro atoms. The fourth-order valence-corrected chi connectivity index (χ4v) is 2.31. The molecule has 5 nitrogen and oxygen atoms in total. The van der Waals surface area contributed by atoms with E-state index in [0.717, 1.165) is 39.0 Å². The minimum absolute atomic E-state index is 0.661. The maximum atomic E-state index is 11.2. The van der Waals surface area contributed by atoms with Gasteiger partial charge in [0.15, 0.2) is 0 Å². The van der Waals surface area contributed by atoms with Crippen LogP contribution in [0, 0.1) is 5.92 Å². The number of likely N-dealkylation sites (N-methyl/N-ethyl adjacent to an activating group) is 2. The van der Waals surface area contributed by atoms with Gasteiger partial charge in [0.2, 0.25) is 0 Å². The van der Waals surface area contributed by atoms with Crippen LogP contribution in [0.2, 0.25) is 0 Å². The largest absolute Gasteiger partial charge is 0.480 e. The van der Waals surface area contributed by atoms with E-state index < -0.39 is 11.5 Å². The molecule has 0 amide bonds. The number of unbranched alkanes of at least 4 members (excludes halogenated alkanes) is 1. The summed E-state index contributed by atoms with van der Waals surface area (Å²) in [5.41, 5.74) is -0.799. The summed E-state index contributed by atoms with van der Waals surface area (Å²) >= 11 is 0. The van der Waals surface area contributed by atoms with Crippen molar-refractivity contribution in [3.05, 3.63) is 0 Å². The molecule has 1 atom stereocenters. The Kier molecular flexibility index (Phi) is 9.83. The Morgan fingerprint density at radius 1 is 1.19 bits per heavy atom. The molecule has 21 heavy (non-hydrogen) atoms. The number of carbonyl (C=O) groups is 1. The van der Waals surface area contributed by atoms with Gasteiger partial charge in [-0.1, -0.05) is 13.8 Å². The van der Waals surface area contributed by atoms with Gasteiger partial charge in [0.05, 0.1) is 0 Å². The van der Waals surface area contributed by atoms with E-state index in [4.69, 9.17) is 0 Å². The number of carboxylic acid groups (broad SMARTS) is 1. The summed E-state index contributed by atoms with van der Waals surface area (Å²) < 4.78 is 0. The summed E-state index contributed by atoms with van der Waals surface area (Å²) in [4.78, 5) is 15.9. The van der Waals surface area contributed by atoms with Gasteiger partial charge in [-0.2, -0.15) is 0 Å². The van der Waals surface area contributed by atoms with Crippen LogP contribution < -0.4 is 5.32 Å². The lowest BCUT2D eigenvalue weighted by atomic mass is 9.95. The second kappa shape index (κ2) is 10.1. The Hall–Kier alpha value is -0.650. The molecule has 0 fully saturated rings. The normalized spacial score (nSPS) is 14.9. The summed E-state index contributed by atoms with van der Waals surface area (Å²) in [6.07, 6.45) is 2.65. The lowest BCUT2D eigenvalue weighted by Gasteiger charge is -2.27. The van der Waals surface area contributed by atoms with Gasteiger partial charge in [-0.15, -0.1) is 0 Å². The second-order valence-corrected chi connectivity index (χ2v) is 6.84. The van der Waals surface area contributed by atoms with Gasteiger partial charge in [-0.3, -0.25) is 4.79 Å². The maximum Gasteiger partial charge on any atom is 0.323 e. The topological polar surface area (TPSA) is 55.8 Å². The third kappa shape index (κ3) is 9.06. The molecule has 0 bridgehead atoms. The van der Waals surface area contributed by atoms with Crippen molar-refractivity contribution in [1.29, 1.82) is 0 Å². The van der Waals surface area contributed by atoms with E-state index in [1.807, 2.05) is 0 Å². The van der Waals surface area contributed by atoms with Crippen LogP contribution >= 0.6 is 0 Å². The first kappa shape index (κ1) is 20.3. The van der Waals surface area contributed by atoms with E-state index in [9.17, 15) is 9.90 Å². The highest BCUT2D eigenvalue weighted by atomic mass is 16.4. The molecule has 5 heteroatoms. The Labute approximate surface area is 130 Å². The van der Waals surface area contributed by atoms with Crippen molar-refractivity contribution in [2.45, 2.75) is 45.6 Å². The van der Waals surface area contributed by atoms with Gasteiger partial charge in [0, 0.05) is 19.6 Å². The molecule has 0 aromatic rings. The number of carboxylic acids is 1. The van der Waals surface area contributed by atoms with Crippen LogP contribution in [-0.2, 0) is 4.79 Å². The molecule has 0 aromatic heterocycles. The SMILES string of the molecule is CNC(C)(CCCCN(CCN(C)C)CC(C)C)C(=O)O. The van der Waals surface area contributed by atoms with Crippen LogP contribution in [0.15, 0.2) is 0 Å². The number of aliphatic carboxylic acids is 1. The lowest BCUT2D eigenvalue weighted by molar-refractivity contribution is -0.144. The van der Waals surface area contributed by atoms with Gasteiger partial charge in [-0.05, 0) is 59.8 Å². The minimum Gasteiger partial charge on any atom is -0.480 e. The molecule has 0 radical (unpaired) electrons. The zero-order valence-electron chi connectivity index (χ0n) is 14.8. The molecule has 0 saturated heterocycles.